The van der Waals surface area contributed by atoms with Crippen molar-refractivity contribution in [3.63, 3.8) is 0 Å². The summed E-state index contributed by atoms with van der Waals surface area (Å²) in [7, 11) is 0. The fourth-order valence-electron chi connectivity index (χ4n) is 2.70. The number of hydrogen-bond acceptors (Lipinski definition) is 6. The van der Waals surface area contributed by atoms with Gasteiger partial charge in [0.25, 0.3) is 0 Å². The van der Waals surface area contributed by atoms with Crippen molar-refractivity contribution in [3.8, 4) is 0 Å². The Bertz CT molecular complexity index is 1050. The van der Waals surface area contributed by atoms with Gasteiger partial charge in [-0.3, -0.25) is 14.8 Å². The Labute approximate surface area is 181 Å². The Kier molecular flexibility index (Phi) is 9.10. The van der Waals surface area contributed by atoms with Crippen LogP contribution in [0, 0.1) is 0 Å². The highest BCUT2D eigenvalue weighted by Crippen LogP contribution is 2.17. The molecule has 1 aliphatic rings. The fourth-order valence-corrected chi connectivity index (χ4v) is 2.70. The first kappa shape index (κ1) is 23.5. The van der Waals surface area contributed by atoms with Crippen LogP contribution in [0.5, 0.6) is 0 Å². The van der Waals surface area contributed by atoms with Crippen molar-refractivity contribution in [1.82, 2.24) is 10.3 Å². The van der Waals surface area contributed by atoms with Gasteiger partial charge in [0, 0.05) is 30.3 Å². The topological polar surface area (TPSA) is 105 Å². The van der Waals surface area contributed by atoms with Gasteiger partial charge >= 0.3 is 0 Å². The number of nitrogens with zero attached hydrogens (tertiary/aromatic N) is 3. The van der Waals surface area contributed by atoms with Crippen LogP contribution in [0.25, 0.3) is 10.9 Å². The summed E-state index contributed by atoms with van der Waals surface area (Å²) in [4.78, 5) is 23.9. The number of nitrogens with one attached hydrogen (secondary N) is 2. The second-order valence-corrected chi connectivity index (χ2v) is 6.27. The molecule has 162 valence electrons. The molecule has 1 aromatic heterocycles. The smallest absolute Gasteiger partial charge is 0.246 e. The Morgan fingerprint density at radius 3 is 2.81 bits per heavy atom. The number of benzene rings is 1. The highest BCUT2D eigenvalue weighted by Gasteiger charge is 2.11. The molecule has 0 spiro atoms. The van der Waals surface area contributed by atoms with Gasteiger partial charge in [0.15, 0.2) is 11.6 Å². The average Bonchev–Trinajstić information content (AvgIpc) is 2.81. The molecular weight excluding hydrogens is 395 g/mol. The van der Waals surface area contributed by atoms with Crippen molar-refractivity contribution >= 4 is 35.4 Å². The van der Waals surface area contributed by atoms with Crippen LogP contribution in [0.3, 0.4) is 0 Å². The number of rotatable bonds is 8. The minimum absolute atomic E-state index is 0.0251. The molecule has 0 unspecified atom stereocenters. The van der Waals surface area contributed by atoms with Gasteiger partial charge in [0.05, 0.1) is 23.1 Å². The quantitative estimate of drug-likeness (QED) is 0.341. The van der Waals surface area contributed by atoms with E-state index in [0.29, 0.717) is 17.9 Å². The predicted molar refractivity (Wildman–Crippen MR) is 126 cm³/mol. The van der Waals surface area contributed by atoms with Crippen molar-refractivity contribution in [2.24, 2.45) is 15.7 Å². The summed E-state index contributed by atoms with van der Waals surface area (Å²) in [6.45, 7) is 8.09. The normalized spacial score (nSPS) is 14.0. The molecule has 2 heterocycles. The maximum Gasteiger partial charge on any atom is 0.246 e. The molecule has 8 heteroatoms. The number of aromatic nitrogens is 1. The molecule has 0 bridgehead atoms. The number of carbonyl (C=O) groups is 1. The second-order valence-electron chi connectivity index (χ2n) is 6.27. The van der Waals surface area contributed by atoms with Gasteiger partial charge in [-0.15, -0.1) is 0 Å². The van der Waals surface area contributed by atoms with E-state index in [1.54, 1.807) is 12.4 Å². The maximum absolute atomic E-state index is 14.7. The summed E-state index contributed by atoms with van der Waals surface area (Å²) in [5.74, 6) is -1.62. The molecule has 1 aliphatic heterocycles. The summed E-state index contributed by atoms with van der Waals surface area (Å²) in [6.07, 6.45) is 6.89. The van der Waals surface area contributed by atoms with E-state index >= 15 is 0 Å². The molecule has 0 fully saturated rings. The number of pyridine rings is 1. The Morgan fingerprint density at radius 2 is 2.13 bits per heavy atom. The third kappa shape index (κ3) is 6.88. The van der Waals surface area contributed by atoms with Crippen LogP contribution in [0.15, 0.2) is 81.6 Å². The summed E-state index contributed by atoms with van der Waals surface area (Å²) in [6, 6.07) is 9.53. The number of dihydropyridines is 1. The molecule has 0 atom stereocenters. The molecule has 2 aromatic rings. The van der Waals surface area contributed by atoms with E-state index in [1.165, 1.54) is 0 Å². The SMILES string of the molecule is C=N/C(NC1=CCCN=C1)=C(F)\C=C(/CNc1cnc2ccccc2c1)C(N)=O.CC. The molecule has 1 amide bonds. The number of hydrogen-bond donors (Lipinski definition) is 3. The highest BCUT2D eigenvalue weighted by atomic mass is 19.1. The molecule has 1 aromatic carbocycles. The summed E-state index contributed by atoms with van der Waals surface area (Å²) in [5, 5.41) is 6.79. The first-order valence-corrected chi connectivity index (χ1v) is 9.99. The molecule has 0 aliphatic carbocycles. The first-order valence-electron chi connectivity index (χ1n) is 9.99. The van der Waals surface area contributed by atoms with E-state index in [0.717, 1.165) is 23.4 Å². The lowest BCUT2D eigenvalue weighted by Crippen LogP contribution is -2.21. The van der Waals surface area contributed by atoms with Gasteiger partial charge in [-0.05, 0) is 31.3 Å². The van der Waals surface area contributed by atoms with E-state index in [2.05, 4.69) is 32.3 Å². The maximum atomic E-state index is 14.7. The minimum Gasteiger partial charge on any atom is -0.379 e. The zero-order chi connectivity index (χ0) is 22.6. The number of halogens is 1. The Hall–Kier alpha value is -3.81. The van der Waals surface area contributed by atoms with Crippen molar-refractivity contribution in [1.29, 1.82) is 0 Å². The number of fused-ring (bicyclic) bond motifs is 1. The summed E-state index contributed by atoms with van der Waals surface area (Å²) < 4.78 is 14.7. The number of anilines is 1. The number of carbonyl (C=O) groups excluding carboxylic acids is 1. The van der Waals surface area contributed by atoms with Gasteiger partial charge in [-0.1, -0.05) is 38.1 Å². The second kappa shape index (κ2) is 12.0. The lowest BCUT2D eigenvalue weighted by molar-refractivity contribution is -0.114. The van der Waals surface area contributed by atoms with E-state index < -0.39 is 11.7 Å². The zero-order valence-electron chi connectivity index (χ0n) is 17.7. The van der Waals surface area contributed by atoms with Crippen LogP contribution < -0.4 is 16.4 Å². The average molecular weight is 423 g/mol. The number of primary amides is 1. The molecule has 0 saturated carbocycles. The third-order valence-corrected chi connectivity index (χ3v) is 4.19. The molecule has 7 nitrogen and oxygen atoms in total. The van der Waals surface area contributed by atoms with E-state index in [1.807, 2.05) is 50.3 Å². The zero-order valence-corrected chi connectivity index (χ0v) is 17.7. The summed E-state index contributed by atoms with van der Waals surface area (Å²) >= 11 is 0. The lowest BCUT2D eigenvalue weighted by atomic mass is 10.2. The standard InChI is InChI=1S/C21H21FN6O.C2H6/c1-24-21(28-16-6-4-8-25-12-16)18(22)10-15(20(23)29)11-26-17-9-14-5-2-3-7-19(14)27-13-17;1-2/h2-3,5-7,9-10,12-13,26,28H,1,4,8,11H2,(H2,23,29);1-2H3/b15-10+,21-18-;. The van der Waals surface area contributed by atoms with Crippen molar-refractivity contribution in [3.05, 3.63) is 71.6 Å². The van der Waals surface area contributed by atoms with Gasteiger partial charge in [-0.25, -0.2) is 9.38 Å². The predicted octanol–water partition coefficient (Wildman–Crippen LogP) is 3.87. The molecular formula is C23H27FN6O. The molecule has 4 N–H and O–H groups in total. The van der Waals surface area contributed by atoms with Gasteiger partial charge < -0.3 is 16.4 Å². The molecule has 3 rings (SSSR count). The van der Waals surface area contributed by atoms with Gasteiger partial charge in [-0.2, -0.15) is 0 Å². The van der Waals surface area contributed by atoms with Crippen LogP contribution in [-0.4, -0.2) is 36.9 Å². The van der Waals surface area contributed by atoms with Crippen LogP contribution >= 0.6 is 0 Å². The van der Waals surface area contributed by atoms with Crippen molar-refractivity contribution < 1.29 is 9.18 Å². The van der Waals surface area contributed by atoms with Crippen LogP contribution in [-0.2, 0) is 4.79 Å². The Balaban J connectivity index is 0.00000166. The monoisotopic (exact) mass is 422 g/mol. The van der Waals surface area contributed by atoms with Crippen molar-refractivity contribution in [2.75, 3.05) is 18.4 Å². The number of nitrogens with two attached hydrogens (primary N) is 1. The van der Waals surface area contributed by atoms with Gasteiger partial charge in [0.2, 0.25) is 5.91 Å². The third-order valence-electron chi connectivity index (χ3n) is 4.19. The van der Waals surface area contributed by atoms with E-state index in [4.69, 9.17) is 5.73 Å². The lowest BCUT2D eigenvalue weighted by Gasteiger charge is -2.11. The largest absolute Gasteiger partial charge is 0.379 e. The Morgan fingerprint density at radius 1 is 1.35 bits per heavy atom. The minimum atomic E-state index is -0.757. The number of para-hydroxylation sites is 1. The molecule has 0 radical (unpaired) electrons. The number of allylic oxidation sites excluding steroid dienone is 3. The van der Waals surface area contributed by atoms with Gasteiger partial charge in [0.1, 0.15) is 0 Å². The van der Waals surface area contributed by atoms with E-state index in [9.17, 15) is 9.18 Å². The number of amides is 1. The first-order chi connectivity index (χ1) is 15.1. The van der Waals surface area contributed by atoms with Crippen LogP contribution in [0.2, 0.25) is 0 Å². The molecule has 31 heavy (non-hydrogen) atoms. The fraction of sp³-hybridized carbons (Fsp3) is 0.217. The molecule has 0 saturated heterocycles. The van der Waals surface area contributed by atoms with Crippen LogP contribution in [0.1, 0.15) is 20.3 Å². The number of aliphatic imine (C=N–C) groups is 2. The van der Waals surface area contributed by atoms with E-state index in [-0.39, 0.29) is 17.9 Å². The van der Waals surface area contributed by atoms with Crippen LogP contribution in [0.4, 0.5) is 10.1 Å². The highest BCUT2D eigenvalue weighted by molar-refractivity contribution is 5.93. The van der Waals surface area contributed by atoms with Crippen molar-refractivity contribution in [2.45, 2.75) is 20.3 Å². The summed E-state index contributed by atoms with van der Waals surface area (Å²) in [5.41, 5.74) is 7.61.